The van der Waals surface area contributed by atoms with Crippen molar-refractivity contribution in [1.29, 1.82) is 0 Å². The van der Waals surface area contributed by atoms with Gasteiger partial charge in [0.1, 0.15) is 11.4 Å². The van der Waals surface area contributed by atoms with Gasteiger partial charge in [-0.1, -0.05) is 43.7 Å². The van der Waals surface area contributed by atoms with Crippen molar-refractivity contribution in [1.82, 2.24) is 0 Å². The molecule has 0 radical (unpaired) electrons. The summed E-state index contributed by atoms with van der Waals surface area (Å²) in [5.74, 6) is -0.0185. The molecular formula is C27H34N2O5. The molecule has 0 bridgehead atoms. The van der Waals surface area contributed by atoms with Crippen molar-refractivity contribution in [2.24, 2.45) is 10.7 Å². The maximum absolute atomic E-state index is 12.8. The maximum atomic E-state index is 12.8. The lowest BCUT2D eigenvalue weighted by Crippen LogP contribution is -2.46. The number of nitrogens with two attached hydrogens (primary N) is 1. The highest BCUT2D eigenvalue weighted by Crippen LogP contribution is 2.42. The second-order valence-corrected chi connectivity index (χ2v) is 9.43. The van der Waals surface area contributed by atoms with Crippen LogP contribution in [-0.4, -0.2) is 35.5 Å². The summed E-state index contributed by atoms with van der Waals surface area (Å²) in [7, 11) is 0. The summed E-state index contributed by atoms with van der Waals surface area (Å²) in [6.07, 6.45) is 1.33. The van der Waals surface area contributed by atoms with E-state index in [0.717, 1.165) is 24.2 Å². The van der Waals surface area contributed by atoms with Crippen LogP contribution in [0.1, 0.15) is 70.6 Å². The minimum atomic E-state index is -1.44. The molecule has 7 heteroatoms. The van der Waals surface area contributed by atoms with Gasteiger partial charge in [-0.15, -0.1) is 0 Å². The number of esters is 1. The number of carbonyl (C=O) groups is 2. The number of nitrogens with zero attached hydrogens (tertiary/aromatic N) is 1. The molecule has 0 saturated heterocycles. The molecule has 0 saturated carbocycles. The van der Waals surface area contributed by atoms with Crippen molar-refractivity contribution < 1.29 is 23.8 Å². The molecule has 0 fully saturated rings. The predicted octanol–water partition coefficient (Wildman–Crippen LogP) is 4.73. The van der Waals surface area contributed by atoms with E-state index in [4.69, 9.17) is 24.9 Å². The first-order valence-corrected chi connectivity index (χ1v) is 11.7. The van der Waals surface area contributed by atoms with Crippen molar-refractivity contribution in [2.75, 3.05) is 6.61 Å². The first-order chi connectivity index (χ1) is 16.1. The topological polar surface area (TPSA) is 100 Å². The van der Waals surface area contributed by atoms with Crippen molar-refractivity contribution in [3.8, 4) is 5.75 Å². The number of benzene rings is 2. The van der Waals surface area contributed by atoms with Crippen LogP contribution in [0.2, 0.25) is 0 Å². The normalized spacial score (nSPS) is 19.8. The fraction of sp³-hybridized carbons (Fsp3) is 0.444. The number of hydrogen-bond donors (Lipinski definition) is 1. The van der Waals surface area contributed by atoms with Crippen LogP contribution in [0.3, 0.4) is 0 Å². The predicted molar refractivity (Wildman–Crippen MR) is 131 cm³/mol. The van der Waals surface area contributed by atoms with E-state index in [1.165, 1.54) is 0 Å². The Bertz CT molecular complexity index is 1010. The van der Waals surface area contributed by atoms with Crippen LogP contribution >= 0.6 is 0 Å². The summed E-state index contributed by atoms with van der Waals surface area (Å²) < 4.78 is 17.4. The molecule has 0 spiro atoms. The van der Waals surface area contributed by atoms with E-state index >= 15 is 0 Å². The number of rotatable bonds is 10. The van der Waals surface area contributed by atoms with Crippen molar-refractivity contribution in [2.45, 2.75) is 70.6 Å². The molecule has 2 atom stereocenters. The third kappa shape index (κ3) is 6.16. The summed E-state index contributed by atoms with van der Waals surface area (Å²) in [5, 5.41) is 0. The van der Waals surface area contributed by atoms with Crippen LogP contribution in [0, 0.1) is 0 Å². The standard InChI is InChI=1S/C27H34N2O5/c1-5-6-18-32-21-14-12-20(13-15-21)24-29-27(25(28)31,17-16-22(30)34-26(2,3)4)23(33-24)19-10-8-7-9-11-19/h7-15,23H,5-6,16-18H2,1-4H3,(H2,28,31)/t23-,27-/m0/s1. The van der Waals surface area contributed by atoms with Gasteiger partial charge in [-0.2, -0.15) is 0 Å². The molecule has 1 aliphatic rings. The zero-order valence-corrected chi connectivity index (χ0v) is 20.4. The van der Waals surface area contributed by atoms with E-state index in [1.54, 1.807) is 20.8 Å². The van der Waals surface area contributed by atoms with Crippen molar-refractivity contribution in [3.63, 3.8) is 0 Å². The lowest BCUT2D eigenvalue weighted by molar-refractivity contribution is -0.155. The quantitative estimate of drug-likeness (QED) is 0.403. The van der Waals surface area contributed by atoms with Crippen LogP contribution in [-0.2, 0) is 19.1 Å². The molecule has 7 nitrogen and oxygen atoms in total. The van der Waals surface area contributed by atoms with Gasteiger partial charge >= 0.3 is 5.97 Å². The summed E-state index contributed by atoms with van der Waals surface area (Å²) in [4.78, 5) is 30.0. The van der Waals surface area contributed by atoms with Gasteiger partial charge in [0.25, 0.3) is 0 Å². The highest BCUT2D eigenvalue weighted by molar-refractivity contribution is 6.00. The van der Waals surface area contributed by atoms with Gasteiger partial charge in [0.05, 0.1) is 6.61 Å². The molecule has 34 heavy (non-hydrogen) atoms. The Kier molecular flexibility index (Phi) is 7.97. The molecule has 2 aromatic carbocycles. The Balaban J connectivity index is 1.90. The van der Waals surface area contributed by atoms with Gasteiger partial charge in [0.15, 0.2) is 11.6 Å². The first kappa shape index (κ1) is 25.3. The molecule has 1 heterocycles. The average molecular weight is 467 g/mol. The fourth-order valence-electron chi connectivity index (χ4n) is 3.79. The van der Waals surface area contributed by atoms with E-state index in [2.05, 4.69) is 6.92 Å². The van der Waals surface area contributed by atoms with Gasteiger partial charge in [-0.3, -0.25) is 9.59 Å². The Morgan fingerprint density at radius 2 is 1.76 bits per heavy atom. The lowest BCUT2D eigenvalue weighted by atomic mass is 9.83. The number of hydrogen-bond acceptors (Lipinski definition) is 6. The van der Waals surface area contributed by atoms with Gasteiger partial charge in [-0.05, 0) is 63.4 Å². The number of amides is 1. The summed E-state index contributed by atoms with van der Waals surface area (Å²) >= 11 is 0. The molecule has 2 aromatic rings. The largest absolute Gasteiger partial charge is 0.494 e. The second-order valence-electron chi connectivity index (χ2n) is 9.43. The summed E-state index contributed by atoms with van der Waals surface area (Å²) in [6.45, 7) is 8.15. The number of ether oxygens (including phenoxy) is 3. The summed E-state index contributed by atoms with van der Waals surface area (Å²) in [6, 6.07) is 16.7. The highest BCUT2D eigenvalue weighted by atomic mass is 16.6. The van der Waals surface area contributed by atoms with Crippen LogP contribution in [0.15, 0.2) is 59.6 Å². The van der Waals surface area contributed by atoms with Gasteiger partial charge in [-0.25, -0.2) is 4.99 Å². The third-order valence-corrected chi connectivity index (χ3v) is 5.49. The zero-order valence-electron chi connectivity index (χ0n) is 20.4. The van der Waals surface area contributed by atoms with Crippen LogP contribution in [0.25, 0.3) is 0 Å². The average Bonchev–Trinajstić information content (AvgIpc) is 3.19. The number of carbonyl (C=O) groups excluding carboxylic acids is 2. The minimum Gasteiger partial charge on any atom is -0.494 e. The van der Waals surface area contributed by atoms with Gasteiger partial charge < -0.3 is 19.9 Å². The maximum Gasteiger partial charge on any atom is 0.306 e. The zero-order chi connectivity index (χ0) is 24.8. The monoisotopic (exact) mass is 466 g/mol. The second kappa shape index (κ2) is 10.7. The molecule has 1 aliphatic heterocycles. The fourth-order valence-corrected chi connectivity index (χ4v) is 3.79. The Morgan fingerprint density at radius 3 is 2.35 bits per heavy atom. The van der Waals surface area contributed by atoms with Crippen molar-refractivity contribution in [3.05, 3.63) is 65.7 Å². The van der Waals surface area contributed by atoms with Gasteiger partial charge in [0, 0.05) is 12.0 Å². The first-order valence-electron chi connectivity index (χ1n) is 11.7. The third-order valence-electron chi connectivity index (χ3n) is 5.49. The van der Waals surface area contributed by atoms with Crippen LogP contribution < -0.4 is 10.5 Å². The van der Waals surface area contributed by atoms with Gasteiger partial charge in [0.2, 0.25) is 11.8 Å². The smallest absolute Gasteiger partial charge is 0.306 e. The highest BCUT2D eigenvalue weighted by Gasteiger charge is 2.52. The van der Waals surface area contributed by atoms with Crippen molar-refractivity contribution >= 4 is 17.8 Å². The number of primary amides is 1. The molecule has 0 aromatic heterocycles. The van der Waals surface area contributed by atoms with E-state index < -0.39 is 29.1 Å². The summed E-state index contributed by atoms with van der Waals surface area (Å²) in [5.41, 5.74) is 5.29. The molecule has 1 amide bonds. The molecular weight excluding hydrogens is 432 g/mol. The Hall–Kier alpha value is -3.35. The van der Waals surface area contributed by atoms with Crippen LogP contribution in [0.5, 0.6) is 5.75 Å². The van der Waals surface area contributed by atoms with Crippen LogP contribution in [0.4, 0.5) is 0 Å². The molecule has 0 unspecified atom stereocenters. The van der Waals surface area contributed by atoms with E-state index in [-0.39, 0.29) is 12.8 Å². The van der Waals surface area contributed by atoms with E-state index in [1.807, 2.05) is 54.6 Å². The minimum absolute atomic E-state index is 0.0200. The Labute approximate surface area is 201 Å². The molecule has 3 rings (SSSR count). The molecule has 182 valence electrons. The van der Waals surface area contributed by atoms with E-state index in [0.29, 0.717) is 18.1 Å². The lowest BCUT2D eigenvalue weighted by Gasteiger charge is -2.29. The van der Waals surface area contributed by atoms with E-state index in [9.17, 15) is 9.59 Å². The molecule has 2 N–H and O–H groups in total. The number of aliphatic imine (C=N–C) groups is 1. The SMILES string of the molecule is CCCCOc1ccc(C2=N[C@](CCC(=O)OC(C)(C)C)(C(N)=O)[C@H](c3ccccc3)O2)cc1. The number of unbranched alkanes of at least 4 members (excludes halogenated alkanes) is 1. The Morgan fingerprint density at radius 1 is 1.09 bits per heavy atom. The molecule has 0 aliphatic carbocycles.